The van der Waals surface area contributed by atoms with Gasteiger partial charge in [-0.2, -0.15) is 0 Å². The lowest BCUT2D eigenvalue weighted by atomic mass is 10.1. The van der Waals surface area contributed by atoms with Crippen molar-refractivity contribution >= 4 is 29.1 Å². The molecule has 1 unspecified atom stereocenters. The molecule has 0 saturated heterocycles. The van der Waals surface area contributed by atoms with Crippen molar-refractivity contribution in [2.45, 2.75) is 20.1 Å². The zero-order valence-corrected chi connectivity index (χ0v) is 10.0. The monoisotopic (exact) mass is 266 g/mol. The average Bonchev–Trinajstić information content (AvgIpc) is 2.54. The van der Waals surface area contributed by atoms with Gasteiger partial charge in [0.05, 0.1) is 11.1 Å². The Morgan fingerprint density at radius 2 is 1.94 bits per heavy atom. The molecule has 2 rings (SSSR count). The average molecular weight is 267 g/mol. The summed E-state index contributed by atoms with van der Waals surface area (Å²) in [6.07, 6.45) is -1.42. The maximum absolute atomic E-state index is 13.3. The minimum Gasteiger partial charge on any atom is -0.369 e. The Labute approximate surface area is 101 Å². The first-order valence-electron chi connectivity index (χ1n) is 4.55. The van der Waals surface area contributed by atoms with Gasteiger partial charge in [0, 0.05) is 0 Å². The van der Waals surface area contributed by atoms with Gasteiger partial charge in [-0.05, 0) is 0 Å². The van der Waals surface area contributed by atoms with Crippen LogP contribution in [0, 0.1) is 5.82 Å². The van der Waals surface area contributed by atoms with Gasteiger partial charge in [0.2, 0.25) is 0 Å². The van der Waals surface area contributed by atoms with Crippen LogP contribution >= 0.6 is 23.2 Å². The SMILES string of the molecule is CC.O=C1NC(O)c2c(F)c(Cl)nc(Cl)c21. The lowest BCUT2D eigenvalue weighted by Crippen LogP contribution is -2.18. The molecular formula is C9H9Cl2FN2O2. The third-order valence-corrected chi connectivity index (χ3v) is 2.38. The van der Waals surface area contributed by atoms with Gasteiger partial charge in [0.1, 0.15) is 5.15 Å². The molecule has 1 aliphatic rings. The van der Waals surface area contributed by atoms with Gasteiger partial charge in [0.25, 0.3) is 5.91 Å². The number of nitrogens with zero attached hydrogens (tertiary/aromatic N) is 1. The van der Waals surface area contributed by atoms with Crippen molar-refractivity contribution in [1.29, 1.82) is 0 Å². The second-order valence-electron chi connectivity index (χ2n) is 2.67. The van der Waals surface area contributed by atoms with Gasteiger partial charge in [-0.3, -0.25) is 4.79 Å². The summed E-state index contributed by atoms with van der Waals surface area (Å²) in [6.45, 7) is 4.00. The van der Waals surface area contributed by atoms with E-state index < -0.39 is 23.1 Å². The van der Waals surface area contributed by atoms with Crippen molar-refractivity contribution in [2.24, 2.45) is 0 Å². The Balaban J connectivity index is 0.000000606. The molecule has 2 heterocycles. The molecule has 0 bridgehead atoms. The van der Waals surface area contributed by atoms with Crippen LogP contribution in [0.15, 0.2) is 0 Å². The molecule has 0 aliphatic carbocycles. The number of fused-ring (bicyclic) bond motifs is 1. The van der Waals surface area contributed by atoms with Gasteiger partial charge in [-0.25, -0.2) is 9.37 Å². The molecule has 16 heavy (non-hydrogen) atoms. The molecule has 0 fully saturated rings. The second-order valence-corrected chi connectivity index (χ2v) is 3.39. The predicted molar refractivity (Wildman–Crippen MR) is 58.0 cm³/mol. The molecule has 1 aliphatic heterocycles. The maximum atomic E-state index is 13.3. The molecule has 0 radical (unpaired) electrons. The van der Waals surface area contributed by atoms with Crippen LogP contribution in [0.3, 0.4) is 0 Å². The van der Waals surface area contributed by atoms with Gasteiger partial charge in [-0.1, -0.05) is 37.0 Å². The molecule has 1 aromatic heterocycles. The molecule has 1 aromatic rings. The third-order valence-electron chi connectivity index (χ3n) is 1.86. The number of pyridine rings is 1. The highest BCUT2D eigenvalue weighted by Crippen LogP contribution is 2.33. The van der Waals surface area contributed by atoms with Crippen LogP contribution in [-0.4, -0.2) is 16.0 Å². The highest BCUT2D eigenvalue weighted by atomic mass is 35.5. The van der Waals surface area contributed by atoms with Gasteiger partial charge in [-0.15, -0.1) is 0 Å². The molecule has 0 saturated carbocycles. The van der Waals surface area contributed by atoms with Crippen LogP contribution in [0.25, 0.3) is 0 Å². The summed E-state index contributed by atoms with van der Waals surface area (Å²) in [4.78, 5) is 14.6. The third kappa shape index (κ3) is 1.98. The fourth-order valence-electron chi connectivity index (χ4n) is 1.26. The number of nitrogens with one attached hydrogen (secondary N) is 1. The van der Waals surface area contributed by atoms with E-state index in [1.165, 1.54) is 0 Å². The molecule has 1 atom stereocenters. The summed E-state index contributed by atoms with van der Waals surface area (Å²) >= 11 is 11.0. The quantitative estimate of drug-likeness (QED) is 0.709. The fraction of sp³-hybridized carbons (Fsp3) is 0.333. The Kier molecular flexibility index (Phi) is 4.07. The highest BCUT2D eigenvalue weighted by Gasteiger charge is 2.34. The first-order valence-corrected chi connectivity index (χ1v) is 5.31. The molecule has 2 N–H and O–H groups in total. The predicted octanol–water partition coefficient (Wildman–Crippen LogP) is 2.29. The number of aliphatic hydroxyl groups is 1. The van der Waals surface area contributed by atoms with E-state index in [2.05, 4.69) is 10.3 Å². The van der Waals surface area contributed by atoms with Crippen molar-refractivity contribution in [2.75, 3.05) is 0 Å². The number of aliphatic hydroxyl groups excluding tert-OH is 1. The first kappa shape index (κ1) is 13.2. The fourth-order valence-corrected chi connectivity index (χ4v) is 1.77. The molecule has 88 valence electrons. The van der Waals surface area contributed by atoms with Crippen molar-refractivity contribution in [3.05, 3.63) is 27.3 Å². The zero-order valence-electron chi connectivity index (χ0n) is 8.51. The van der Waals surface area contributed by atoms with E-state index in [0.717, 1.165) is 0 Å². The first-order chi connectivity index (χ1) is 7.52. The minimum atomic E-state index is -1.42. The number of aromatic nitrogens is 1. The number of hydrogen-bond acceptors (Lipinski definition) is 3. The molecule has 1 amide bonds. The summed E-state index contributed by atoms with van der Waals surface area (Å²) in [6, 6.07) is 0. The maximum Gasteiger partial charge on any atom is 0.257 e. The number of rotatable bonds is 0. The van der Waals surface area contributed by atoms with Crippen molar-refractivity contribution in [1.82, 2.24) is 10.3 Å². The van der Waals surface area contributed by atoms with Crippen LogP contribution in [0.2, 0.25) is 10.3 Å². The number of amides is 1. The normalized spacial score (nSPS) is 17.4. The lowest BCUT2D eigenvalue weighted by Gasteiger charge is -2.05. The van der Waals surface area contributed by atoms with E-state index >= 15 is 0 Å². The summed E-state index contributed by atoms with van der Waals surface area (Å²) in [7, 11) is 0. The van der Waals surface area contributed by atoms with Gasteiger partial charge in [0.15, 0.2) is 17.2 Å². The van der Waals surface area contributed by atoms with E-state index in [1.54, 1.807) is 0 Å². The second kappa shape index (κ2) is 4.95. The molecule has 7 heteroatoms. The van der Waals surface area contributed by atoms with E-state index in [9.17, 15) is 14.3 Å². The van der Waals surface area contributed by atoms with Crippen LogP contribution in [0.4, 0.5) is 4.39 Å². The largest absolute Gasteiger partial charge is 0.369 e. The van der Waals surface area contributed by atoms with E-state index in [-0.39, 0.29) is 16.3 Å². The smallest absolute Gasteiger partial charge is 0.257 e. The standard InChI is InChI=1S/C7H3Cl2FN2O2.C2H6/c8-4-2-1(3(10)5(9)11-4)6(13)12-7(2)14;1-2/h6,13H,(H,12,14);1-2H3. The molecular weight excluding hydrogens is 258 g/mol. The van der Waals surface area contributed by atoms with Crippen LogP contribution in [0.5, 0.6) is 0 Å². The molecule has 0 aromatic carbocycles. The summed E-state index contributed by atoms with van der Waals surface area (Å²) in [5.74, 6) is -1.60. The Hall–Kier alpha value is -0.910. The number of carbonyl (C=O) groups excluding carboxylic acids is 1. The Bertz CT molecular complexity index is 440. The Morgan fingerprint density at radius 1 is 1.38 bits per heavy atom. The summed E-state index contributed by atoms with van der Waals surface area (Å²) in [5.41, 5.74) is -0.416. The topological polar surface area (TPSA) is 62.2 Å². The number of hydrogen-bond donors (Lipinski definition) is 2. The zero-order chi connectivity index (χ0) is 12.5. The van der Waals surface area contributed by atoms with Crippen LogP contribution in [-0.2, 0) is 0 Å². The lowest BCUT2D eigenvalue weighted by molar-refractivity contribution is 0.0847. The van der Waals surface area contributed by atoms with E-state index in [0.29, 0.717) is 0 Å². The minimum absolute atomic E-state index is 0.166. The van der Waals surface area contributed by atoms with E-state index in [4.69, 9.17) is 23.2 Å². The van der Waals surface area contributed by atoms with E-state index in [1.807, 2.05) is 13.8 Å². The molecule has 0 spiro atoms. The number of halogens is 3. The number of carbonyl (C=O) groups is 1. The van der Waals surface area contributed by atoms with Crippen molar-refractivity contribution in [3.63, 3.8) is 0 Å². The van der Waals surface area contributed by atoms with Crippen molar-refractivity contribution in [3.8, 4) is 0 Å². The summed E-state index contributed by atoms with van der Waals surface area (Å²) in [5, 5.41) is 10.7. The molecule has 4 nitrogen and oxygen atoms in total. The van der Waals surface area contributed by atoms with Crippen LogP contribution < -0.4 is 5.32 Å². The van der Waals surface area contributed by atoms with Crippen LogP contribution in [0.1, 0.15) is 36.0 Å². The van der Waals surface area contributed by atoms with Crippen molar-refractivity contribution < 1.29 is 14.3 Å². The Morgan fingerprint density at radius 3 is 2.50 bits per heavy atom. The van der Waals surface area contributed by atoms with Gasteiger partial charge >= 0.3 is 0 Å². The highest BCUT2D eigenvalue weighted by molar-refractivity contribution is 6.35. The van der Waals surface area contributed by atoms with Gasteiger partial charge < -0.3 is 10.4 Å². The summed E-state index contributed by atoms with van der Waals surface area (Å²) < 4.78 is 13.3.